The summed E-state index contributed by atoms with van der Waals surface area (Å²) in [4.78, 5) is 12.0. The number of amides is 1. The van der Waals surface area contributed by atoms with Gasteiger partial charge in [0.25, 0.3) is 5.91 Å². The first-order valence-corrected chi connectivity index (χ1v) is 8.79. The number of carbonyl (C=O) groups excluding carboxylic acids is 1. The van der Waals surface area contributed by atoms with Gasteiger partial charge in [0.2, 0.25) is 11.8 Å². The molecule has 1 atom stereocenters. The topological polar surface area (TPSA) is 93.2 Å². The van der Waals surface area contributed by atoms with Crippen molar-refractivity contribution in [2.75, 3.05) is 10.6 Å². The van der Waals surface area contributed by atoms with Crippen molar-refractivity contribution in [2.45, 2.75) is 13.0 Å². The summed E-state index contributed by atoms with van der Waals surface area (Å²) in [5, 5.41) is 14.3. The van der Waals surface area contributed by atoms with E-state index in [9.17, 15) is 4.79 Å². The Hall–Kier alpha value is -3.87. The van der Waals surface area contributed by atoms with Crippen LogP contribution in [0.15, 0.2) is 81.8 Å². The van der Waals surface area contributed by atoms with Crippen LogP contribution in [-0.4, -0.2) is 16.1 Å². The highest BCUT2D eigenvalue weighted by Crippen LogP contribution is 2.23. The highest BCUT2D eigenvalue weighted by molar-refractivity contribution is 6.02. The molecule has 4 aromatic rings. The van der Waals surface area contributed by atoms with Crippen LogP contribution in [0.25, 0.3) is 11.5 Å². The third kappa shape index (κ3) is 3.93. The first-order valence-electron chi connectivity index (χ1n) is 8.79. The summed E-state index contributed by atoms with van der Waals surface area (Å²) in [5.41, 5.74) is 2.41. The maximum atomic E-state index is 12.0. The Morgan fingerprint density at radius 1 is 0.929 bits per heavy atom. The van der Waals surface area contributed by atoms with Gasteiger partial charge in [-0.3, -0.25) is 4.79 Å². The van der Waals surface area contributed by atoms with E-state index in [0.29, 0.717) is 17.5 Å². The van der Waals surface area contributed by atoms with Gasteiger partial charge in [-0.25, -0.2) is 0 Å². The summed E-state index contributed by atoms with van der Waals surface area (Å²) >= 11 is 0. The molecule has 7 heteroatoms. The number of benzene rings is 2. The summed E-state index contributed by atoms with van der Waals surface area (Å²) in [7, 11) is 0. The lowest BCUT2D eigenvalue weighted by molar-refractivity contribution is 0.0996. The van der Waals surface area contributed by atoms with Crippen molar-refractivity contribution in [3.05, 3.63) is 84.6 Å². The SMILES string of the molecule is CC(Nc1ccc(NC(=O)c2ccco2)cc1)c1nnc(-c2ccccc2)o1. The number of rotatable bonds is 6. The van der Waals surface area contributed by atoms with Gasteiger partial charge in [-0.15, -0.1) is 10.2 Å². The zero-order valence-electron chi connectivity index (χ0n) is 15.1. The average Bonchev–Trinajstić information content (AvgIpc) is 3.42. The van der Waals surface area contributed by atoms with Crippen LogP contribution in [0, 0.1) is 0 Å². The molecule has 0 saturated heterocycles. The van der Waals surface area contributed by atoms with E-state index in [2.05, 4.69) is 20.8 Å². The molecule has 0 aliphatic rings. The minimum absolute atomic E-state index is 0.173. The predicted octanol–water partition coefficient (Wildman–Crippen LogP) is 4.76. The standard InChI is InChI=1S/C21H18N4O3/c1-14(20-24-25-21(28-20)15-6-3-2-4-7-15)22-16-9-11-17(12-10-16)23-19(26)18-8-5-13-27-18/h2-14,22H,1H3,(H,23,26). The van der Waals surface area contributed by atoms with Crippen LogP contribution in [-0.2, 0) is 0 Å². The van der Waals surface area contributed by atoms with E-state index in [1.54, 1.807) is 24.3 Å². The molecule has 28 heavy (non-hydrogen) atoms. The molecule has 0 fully saturated rings. The second-order valence-corrected chi connectivity index (χ2v) is 6.19. The highest BCUT2D eigenvalue weighted by atomic mass is 16.4. The van der Waals surface area contributed by atoms with Crippen LogP contribution in [0.2, 0.25) is 0 Å². The van der Waals surface area contributed by atoms with Crippen molar-refractivity contribution in [1.29, 1.82) is 0 Å². The van der Waals surface area contributed by atoms with Crippen LogP contribution >= 0.6 is 0 Å². The van der Waals surface area contributed by atoms with Gasteiger partial charge < -0.3 is 19.5 Å². The van der Waals surface area contributed by atoms with Gasteiger partial charge in [-0.2, -0.15) is 0 Å². The van der Waals surface area contributed by atoms with Crippen molar-refractivity contribution in [1.82, 2.24) is 10.2 Å². The van der Waals surface area contributed by atoms with Gasteiger partial charge in [0.1, 0.15) is 6.04 Å². The summed E-state index contributed by atoms with van der Waals surface area (Å²) < 4.78 is 10.8. The quantitative estimate of drug-likeness (QED) is 0.506. The molecule has 0 aliphatic carbocycles. The van der Waals surface area contributed by atoms with Crippen LogP contribution in [0.5, 0.6) is 0 Å². The number of nitrogens with zero attached hydrogens (tertiary/aromatic N) is 2. The fourth-order valence-electron chi connectivity index (χ4n) is 2.67. The van der Waals surface area contributed by atoms with Crippen molar-refractivity contribution in [3.63, 3.8) is 0 Å². The number of carbonyl (C=O) groups is 1. The number of furan rings is 1. The van der Waals surface area contributed by atoms with Crippen molar-refractivity contribution in [3.8, 4) is 11.5 Å². The number of nitrogens with one attached hydrogen (secondary N) is 2. The van der Waals surface area contributed by atoms with Crippen LogP contribution in [0.4, 0.5) is 11.4 Å². The van der Waals surface area contributed by atoms with Gasteiger partial charge in [0.05, 0.1) is 6.26 Å². The number of hydrogen-bond acceptors (Lipinski definition) is 6. The fraction of sp³-hybridized carbons (Fsp3) is 0.0952. The van der Waals surface area contributed by atoms with Gasteiger partial charge in [-0.1, -0.05) is 18.2 Å². The largest absolute Gasteiger partial charge is 0.459 e. The summed E-state index contributed by atoms with van der Waals surface area (Å²) in [6.07, 6.45) is 1.46. The van der Waals surface area contributed by atoms with Crippen LogP contribution < -0.4 is 10.6 Å². The first kappa shape index (κ1) is 17.5. The third-order valence-corrected chi connectivity index (χ3v) is 4.10. The normalized spacial score (nSPS) is 11.8. The molecule has 1 amide bonds. The molecule has 2 heterocycles. The fourth-order valence-corrected chi connectivity index (χ4v) is 2.67. The Kier molecular flexibility index (Phi) is 4.88. The molecule has 0 saturated carbocycles. The van der Waals surface area contributed by atoms with Gasteiger partial charge in [0, 0.05) is 16.9 Å². The lowest BCUT2D eigenvalue weighted by Gasteiger charge is -2.12. The monoisotopic (exact) mass is 374 g/mol. The molecule has 0 radical (unpaired) electrons. The zero-order chi connectivity index (χ0) is 19.3. The molecular formula is C21H18N4O3. The lowest BCUT2D eigenvalue weighted by Crippen LogP contribution is -2.11. The Morgan fingerprint density at radius 2 is 1.68 bits per heavy atom. The van der Waals surface area contributed by atoms with E-state index in [1.807, 2.05) is 49.4 Å². The molecule has 1 unspecified atom stereocenters. The second-order valence-electron chi connectivity index (χ2n) is 6.19. The van der Waals surface area contributed by atoms with Crippen molar-refractivity contribution >= 4 is 17.3 Å². The van der Waals surface area contributed by atoms with E-state index < -0.39 is 0 Å². The molecule has 0 spiro atoms. The molecule has 4 rings (SSSR count). The molecule has 7 nitrogen and oxygen atoms in total. The van der Waals surface area contributed by atoms with Crippen molar-refractivity contribution < 1.29 is 13.6 Å². The van der Waals surface area contributed by atoms with E-state index in [0.717, 1.165) is 11.3 Å². The molecule has 140 valence electrons. The molecular weight excluding hydrogens is 356 g/mol. The van der Waals surface area contributed by atoms with E-state index >= 15 is 0 Å². The van der Waals surface area contributed by atoms with Crippen molar-refractivity contribution in [2.24, 2.45) is 0 Å². The maximum Gasteiger partial charge on any atom is 0.291 e. The maximum absolute atomic E-state index is 12.0. The Labute approximate surface area is 161 Å². The summed E-state index contributed by atoms with van der Waals surface area (Å²) in [6, 6.07) is 20.1. The number of anilines is 2. The Morgan fingerprint density at radius 3 is 2.39 bits per heavy atom. The minimum atomic E-state index is -0.293. The Bertz CT molecular complexity index is 1040. The second kappa shape index (κ2) is 7.79. The average molecular weight is 374 g/mol. The van der Waals surface area contributed by atoms with Crippen LogP contribution in [0.3, 0.4) is 0 Å². The number of hydrogen-bond donors (Lipinski definition) is 2. The molecule has 2 N–H and O–H groups in total. The zero-order valence-corrected chi connectivity index (χ0v) is 15.1. The van der Waals surface area contributed by atoms with Gasteiger partial charge in [-0.05, 0) is 55.5 Å². The Balaban J connectivity index is 1.39. The molecule has 2 aromatic carbocycles. The predicted molar refractivity (Wildman–Crippen MR) is 105 cm³/mol. The minimum Gasteiger partial charge on any atom is -0.459 e. The third-order valence-electron chi connectivity index (χ3n) is 4.10. The van der Waals surface area contributed by atoms with E-state index in [1.165, 1.54) is 6.26 Å². The highest BCUT2D eigenvalue weighted by Gasteiger charge is 2.15. The molecule has 2 aromatic heterocycles. The number of aromatic nitrogens is 2. The molecule has 0 bridgehead atoms. The first-order chi connectivity index (χ1) is 13.7. The van der Waals surface area contributed by atoms with Crippen LogP contribution in [0.1, 0.15) is 29.4 Å². The lowest BCUT2D eigenvalue weighted by atomic mass is 10.2. The summed E-state index contributed by atoms with van der Waals surface area (Å²) in [5.74, 6) is 0.953. The molecule has 0 aliphatic heterocycles. The van der Waals surface area contributed by atoms with Gasteiger partial charge >= 0.3 is 0 Å². The van der Waals surface area contributed by atoms with E-state index in [-0.39, 0.29) is 17.7 Å². The van der Waals surface area contributed by atoms with Gasteiger partial charge in [0.15, 0.2) is 5.76 Å². The summed E-state index contributed by atoms with van der Waals surface area (Å²) in [6.45, 7) is 1.94. The van der Waals surface area contributed by atoms with E-state index in [4.69, 9.17) is 8.83 Å². The smallest absolute Gasteiger partial charge is 0.291 e.